The van der Waals surface area contributed by atoms with E-state index in [0.717, 1.165) is 64.0 Å². The third-order valence-corrected chi connectivity index (χ3v) is 17.8. The minimum absolute atomic E-state index is 0.119. The number of rotatable bonds is 35. The highest BCUT2D eigenvalue weighted by Crippen LogP contribution is 2.49. The normalized spacial score (nSPS) is 33.3. The summed E-state index contributed by atoms with van der Waals surface area (Å²) in [5.41, 5.74) is 12.0. The number of primary amides is 2. The maximum absolute atomic E-state index is 13.9. The van der Waals surface area contributed by atoms with Crippen LogP contribution in [0.2, 0.25) is 0 Å². The molecule has 35 nitrogen and oxygen atoms in total. The minimum atomic E-state index is -5.75. The molecule has 5 amide bonds. The third-order valence-electron chi connectivity index (χ3n) is 16.9. The first-order valence-electron chi connectivity index (χ1n) is 32.0. The molecule has 0 radical (unpaired) electrons. The van der Waals surface area contributed by atoms with Crippen LogP contribution in [0, 0.1) is 5.41 Å². The maximum Gasteiger partial charge on any atom is 0.474 e. The molecular weight excluding hydrogens is 1340 g/mol. The predicted molar refractivity (Wildman–Crippen MR) is 341 cm³/mol. The van der Waals surface area contributed by atoms with Crippen molar-refractivity contribution in [2.45, 2.75) is 248 Å². The molecule has 0 aromatic carbocycles. The number of hydrogen-bond donors (Lipinski definition) is 16. The Labute approximate surface area is 571 Å². The van der Waals surface area contributed by atoms with Gasteiger partial charge >= 0.3 is 19.9 Å². The molecule has 0 aromatic heterocycles. The van der Waals surface area contributed by atoms with Crippen molar-refractivity contribution in [3.63, 3.8) is 0 Å². The van der Waals surface area contributed by atoms with Gasteiger partial charge in [-0.15, -0.1) is 0 Å². The number of phosphoric acid groups is 1. The van der Waals surface area contributed by atoms with E-state index in [1.54, 1.807) is 13.0 Å². The number of hydrogen-bond acceptors (Lipinski definition) is 28. The Balaban J connectivity index is 1.31. The smallest absolute Gasteiger partial charge is 0.474 e. The molecule has 4 heterocycles. The van der Waals surface area contributed by atoms with Crippen molar-refractivity contribution in [3.8, 4) is 0 Å². The Morgan fingerprint density at radius 1 is 0.747 bits per heavy atom. The van der Waals surface area contributed by atoms with Crippen LogP contribution in [0.5, 0.6) is 0 Å². The number of ketones is 1. The summed E-state index contributed by atoms with van der Waals surface area (Å²) in [5, 5.41) is 117. The number of carboxylic acid groups (broad SMARTS) is 1. The Kier molecular flexibility index (Phi) is 31.5. The Morgan fingerprint density at radius 2 is 1.30 bits per heavy atom. The van der Waals surface area contributed by atoms with E-state index in [2.05, 4.69) is 81.5 Å². The van der Waals surface area contributed by atoms with Crippen molar-refractivity contribution >= 4 is 49.3 Å². The summed E-state index contributed by atoms with van der Waals surface area (Å²) in [6.45, 7) is 15.5. The standard InChI is InChI=1S/C63H98N5O30P/c1-29(2)14-13-16-30(3)17-18-32(5)21-24-62(8,9)23-12-11-15-31(4)22-25-88-39(56(82)83)28-89-99(86,87)98-60-51(52(97-61(65)84)63(10,85)53(96-60)54(64)80)95-58-42(67-34(7)72)43(75)48(37(26-69)91-58)92-57-41(66-33(6)71)44(76)49(38(27-70)90-57)93-59-47(79)45(77)46(78)50(94-59)55(81)68-40-35(73)19-20-36(40)74/h12,14,17,22-23,37-39,41-53,57-60,69-70,73,75-79,85H,5,11,13,15-16,18-21,24-28H2,1-4,6-10H3,(H2,64,80)(H2,65,84)(H,66,71)(H,67,72)(H,68,81)(H,82,83)(H,86,87). The minimum Gasteiger partial charge on any atom is -0.510 e. The highest BCUT2D eigenvalue weighted by atomic mass is 31.2. The van der Waals surface area contributed by atoms with E-state index in [4.69, 9.17) is 63.1 Å². The van der Waals surface area contributed by atoms with Crippen molar-refractivity contribution in [2.75, 3.05) is 26.4 Å². The van der Waals surface area contributed by atoms with Gasteiger partial charge in [-0.05, 0) is 85.0 Å². The largest absolute Gasteiger partial charge is 0.510 e. The molecule has 4 saturated heterocycles. The van der Waals surface area contributed by atoms with Gasteiger partial charge in [-0.1, -0.05) is 73.1 Å². The lowest BCUT2D eigenvalue weighted by Gasteiger charge is -2.51. The number of aliphatic carboxylic acids is 1. The van der Waals surface area contributed by atoms with Crippen LogP contribution in [0.1, 0.15) is 120 Å². The van der Waals surface area contributed by atoms with Crippen LogP contribution < -0.4 is 27.4 Å². The van der Waals surface area contributed by atoms with Crippen LogP contribution in [0.4, 0.5) is 4.79 Å². The second kappa shape index (κ2) is 37.3. The first-order valence-corrected chi connectivity index (χ1v) is 33.5. The molecule has 560 valence electrons. The summed E-state index contributed by atoms with van der Waals surface area (Å²) in [6.07, 6.45) is -25.1. The fourth-order valence-corrected chi connectivity index (χ4v) is 12.1. The highest BCUT2D eigenvalue weighted by Gasteiger charge is 2.62. The van der Waals surface area contributed by atoms with Crippen LogP contribution >= 0.6 is 7.82 Å². The molecular formula is C63H98N5O30P. The van der Waals surface area contributed by atoms with Gasteiger partial charge in [-0.3, -0.25) is 33.0 Å². The van der Waals surface area contributed by atoms with Crippen LogP contribution in [-0.2, 0) is 85.0 Å². The van der Waals surface area contributed by atoms with Crippen LogP contribution in [-0.4, -0.2) is 252 Å². The number of nitrogens with one attached hydrogen (secondary N) is 3. The topological polar surface area (TPSA) is 549 Å². The monoisotopic (exact) mass is 1440 g/mol. The number of amides is 5. The van der Waals surface area contributed by atoms with Gasteiger partial charge in [0.05, 0.1) is 26.4 Å². The average Bonchev–Trinajstić information content (AvgIpc) is 1.26. The van der Waals surface area contributed by atoms with E-state index in [1.807, 2.05) is 0 Å². The van der Waals surface area contributed by atoms with Crippen molar-refractivity contribution in [1.82, 2.24) is 16.0 Å². The quantitative estimate of drug-likeness (QED) is 0.0271. The molecule has 0 spiro atoms. The summed E-state index contributed by atoms with van der Waals surface area (Å²) in [6, 6.07) is -3.88. The van der Waals surface area contributed by atoms with E-state index in [1.165, 1.54) is 11.1 Å². The zero-order valence-electron chi connectivity index (χ0n) is 56.6. The number of aliphatic hydroxyl groups is 9. The number of carbonyl (C=O) groups is 7. The van der Waals surface area contributed by atoms with Crippen LogP contribution in [0.3, 0.4) is 0 Å². The van der Waals surface area contributed by atoms with Gasteiger partial charge in [-0.25, -0.2) is 14.2 Å². The van der Waals surface area contributed by atoms with Crippen LogP contribution in [0.25, 0.3) is 0 Å². The third kappa shape index (κ3) is 23.8. The number of nitrogens with two attached hydrogens (primary N) is 2. The van der Waals surface area contributed by atoms with Crippen molar-refractivity contribution in [1.29, 1.82) is 0 Å². The summed E-state index contributed by atoms with van der Waals surface area (Å²) in [4.78, 5) is 100. The summed E-state index contributed by atoms with van der Waals surface area (Å²) in [7, 11) is -5.75. The number of aliphatic hydroxyl groups excluding tert-OH is 8. The molecule has 99 heavy (non-hydrogen) atoms. The molecule has 18 N–H and O–H groups in total. The molecule has 0 aromatic rings. The molecule has 22 atom stereocenters. The molecule has 1 aliphatic carbocycles. The van der Waals surface area contributed by atoms with Crippen LogP contribution in [0.15, 0.2) is 70.7 Å². The fourth-order valence-electron chi connectivity index (χ4n) is 11.3. The summed E-state index contributed by atoms with van der Waals surface area (Å²) < 4.78 is 75.8. The molecule has 36 heteroatoms. The molecule has 5 aliphatic rings. The van der Waals surface area contributed by atoms with Crippen molar-refractivity contribution in [2.24, 2.45) is 16.9 Å². The number of carbonyl (C=O) groups excluding carboxylic acids is 6. The molecule has 4 aliphatic heterocycles. The van der Waals surface area contributed by atoms with E-state index >= 15 is 0 Å². The SMILES string of the molecule is C=C(CC=C(C)CCC=C(C)C)CCC(C)(C)C=CCCC(C)=CCOC(COP(=O)(O)OC1OC(C(N)=O)C(C)(O)C(OC(N)=O)C1OC1OC(CO)C(OC2OC(CO)C(OC3OC(C(=O)NC4=C(O)CCC4=O)C(O)C(O)C3O)C(O)C2NC(C)=O)C(O)C1NC(C)=O)C(=O)O. The number of phosphoric ester groups is 1. The Bertz CT molecular complexity index is 3040. The van der Waals surface area contributed by atoms with Gasteiger partial charge in [0.2, 0.25) is 17.7 Å². The number of allylic oxidation sites excluding steroid dienone is 10. The number of ether oxygens (including phenoxy) is 9. The first kappa shape index (κ1) is 83.7. The molecule has 0 bridgehead atoms. The van der Waals surface area contributed by atoms with Crippen molar-refractivity contribution in [3.05, 3.63) is 70.7 Å². The zero-order valence-corrected chi connectivity index (χ0v) is 57.5. The molecule has 22 unspecified atom stereocenters. The highest BCUT2D eigenvalue weighted by molar-refractivity contribution is 7.47. The van der Waals surface area contributed by atoms with E-state index < -0.39 is 209 Å². The van der Waals surface area contributed by atoms with E-state index in [9.17, 15) is 94.1 Å². The van der Waals surface area contributed by atoms with Gasteiger partial charge in [0.15, 0.2) is 61.5 Å². The van der Waals surface area contributed by atoms with Gasteiger partial charge in [0, 0.05) is 26.7 Å². The van der Waals surface area contributed by atoms with E-state index in [0.29, 0.717) is 12.8 Å². The number of carboxylic acids is 1. The maximum atomic E-state index is 13.9. The summed E-state index contributed by atoms with van der Waals surface area (Å²) in [5.74, 6) is -7.52. The molecule has 4 fully saturated rings. The first-order chi connectivity index (χ1) is 46.2. The average molecular weight is 1440 g/mol. The Hall–Kier alpha value is -6.00. The second-order valence-corrected chi connectivity index (χ2v) is 27.4. The van der Waals surface area contributed by atoms with Gasteiger partial charge in [0.1, 0.15) is 84.1 Å². The lowest BCUT2D eigenvalue weighted by Crippen LogP contribution is -2.72. The van der Waals surface area contributed by atoms with E-state index in [-0.39, 0.29) is 24.9 Å². The van der Waals surface area contributed by atoms with Gasteiger partial charge < -0.3 is 126 Å². The van der Waals surface area contributed by atoms with Gasteiger partial charge in [-0.2, -0.15) is 0 Å². The second-order valence-electron chi connectivity index (χ2n) is 26.0. The predicted octanol–water partition coefficient (Wildman–Crippen LogP) is -0.880. The summed E-state index contributed by atoms with van der Waals surface area (Å²) >= 11 is 0. The van der Waals surface area contributed by atoms with Crippen molar-refractivity contribution < 1.29 is 146 Å². The van der Waals surface area contributed by atoms with Gasteiger partial charge in [0.25, 0.3) is 5.91 Å². The lowest BCUT2D eigenvalue weighted by atomic mass is 9.85. The number of Topliss-reactive ketones (excluding diaryl/α,β-unsaturated/α-hetero) is 1. The zero-order chi connectivity index (χ0) is 74.2. The molecule has 5 rings (SSSR count). The molecule has 0 saturated carbocycles. The lowest BCUT2D eigenvalue weighted by molar-refractivity contribution is -0.372. The fraction of sp³-hybridized carbons (Fsp3) is 0.698. The Morgan fingerprint density at radius 3 is 1.82 bits per heavy atom.